The van der Waals surface area contributed by atoms with Crippen LogP contribution < -0.4 is 24.8 Å². The quantitative estimate of drug-likeness (QED) is 0.387. The summed E-state index contributed by atoms with van der Waals surface area (Å²) in [5.41, 5.74) is 1.35. The molecule has 0 aromatic heterocycles. The molecule has 4 rings (SSSR count). The molecule has 27 heavy (non-hydrogen) atoms. The van der Waals surface area contributed by atoms with E-state index in [4.69, 9.17) is 0 Å². The van der Waals surface area contributed by atoms with Crippen molar-refractivity contribution in [1.82, 2.24) is 0 Å². The van der Waals surface area contributed by atoms with E-state index in [2.05, 4.69) is 73.3 Å². The van der Waals surface area contributed by atoms with E-state index in [0.29, 0.717) is 0 Å². The van der Waals surface area contributed by atoms with Crippen LogP contribution >= 0.6 is 0 Å². The second-order valence-electron chi connectivity index (χ2n) is 5.14. The van der Waals surface area contributed by atoms with Crippen molar-refractivity contribution in [3.63, 3.8) is 0 Å². The minimum atomic E-state index is 0. The second-order valence-corrected chi connectivity index (χ2v) is 5.14. The van der Waals surface area contributed by atoms with Gasteiger partial charge >= 0.3 is 26.2 Å². The van der Waals surface area contributed by atoms with Crippen LogP contribution in [0.25, 0.3) is 21.5 Å². The van der Waals surface area contributed by atoms with Gasteiger partial charge in [0.1, 0.15) is 0 Å². The molecule has 0 nitrogen and oxygen atoms in total. The van der Waals surface area contributed by atoms with E-state index < -0.39 is 0 Å². The summed E-state index contributed by atoms with van der Waals surface area (Å²) < 4.78 is 0. The first-order chi connectivity index (χ1) is 10.4. The Bertz CT molecular complexity index is 778. The topological polar surface area (TPSA) is 0 Å². The third kappa shape index (κ3) is 8.69. The largest absolute Gasteiger partial charge is 2.00 e. The molecule has 1 aliphatic rings. The zero-order valence-electron chi connectivity index (χ0n) is 15.3. The Kier molecular flexibility index (Phi) is 21.3. The first-order valence-electron chi connectivity index (χ1n) is 7.28. The Morgan fingerprint density at radius 2 is 1.41 bits per heavy atom. The van der Waals surface area contributed by atoms with E-state index in [9.17, 15) is 0 Å². The third-order valence-corrected chi connectivity index (χ3v) is 3.67. The molecule has 0 aliphatic heterocycles. The van der Waals surface area contributed by atoms with Crippen LogP contribution in [-0.2, 0) is 26.2 Å². The Morgan fingerprint density at radius 1 is 0.926 bits per heavy atom. The standard InChI is InChI=1S/C13H9.C8H9.CH4.2CH3.2ClH.Zr/c1-3-7-12-10(5-1)9-11-6-2-4-8-13(11)12;1-2-5-8-6-3-4-7-8;;;;;;/h1-9H;2,6-7H,1,3,5H2;1H4;2*1H3;2*1H;/q2*-1;;2*-1;;;+2/p-2. The Hall–Kier alpha value is -1.01. The van der Waals surface area contributed by atoms with E-state index >= 15 is 0 Å². The monoisotopic (exact) mass is 476 g/mol. The summed E-state index contributed by atoms with van der Waals surface area (Å²) in [4.78, 5) is 0. The van der Waals surface area contributed by atoms with Gasteiger partial charge in [-0.2, -0.15) is 11.6 Å². The van der Waals surface area contributed by atoms with Crippen LogP contribution in [0.1, 0.15) is 20.3 Å². The van der Waals surface area contributed by atoms with Crippen LogP contribution in [0.3, 0.4) is 0 Å². The molecular formula is C24H28Cl2Zr-4. The normalized spacial score (nSPS) is 10.1. The minimum absolute atomic E-state index is 0. The van der Waals surface area contributed by atoms with Gasteiger partial charge in [-0.1, -0.05) is 50.2 Å². The molecule has 0 saturated carbocycles. The van der Waals surface area contributed by atoms with Crippen molar-refractivity contribution in [2.24, 2.45) is 0 Å². The van der Waals surface area contributed by atoms with Crippen LogP contribution in [0.5, 0.6) is 0 Å². The van der Waals surface area contributed by atoms with E-state index in [1.54, 1.807) is 0 Å². The zero-order chi connectivity index (χ0) is 14.5. The van der Waals surface area contributed by atoms with Gasteiger partial charge in [0.05, 0.1) is 0 Å². The number of hydrogen-bond acceptors (Lipinski definition) is 0. The number of halogens is 2. The van der Waals surface area contributed by atoms with E-state index in [-0.39, 0.29) is 73.3 Å². The van der Waals surface area contributed by atoms with Crippen molar-refractivity contribution in [3.8, 4) is 0 Å². The van der Waals surface area contributed by atoms with Crippen LogP contribution in [-0.4, -0.2) is 0 Å². The molecule has 0 saturated heterocycles. The maximum atomic E-state index is 3.64. The van der Waals surface area contributed by atoms with Gasteiger partial charge in [-0.25, -0.2) is 6.08 Å². The van der Waals surface area contributed by atoms with Crippen molar-refractivity contribution in [3.05, 3.63) is 106 Å². The van der Waals surface area contributed by atoms with Crippen LogP contribution in [0, 0.1) is 20.9 Å². The Morgan fingerprint density at radius 3 is 1.81 bits per heavy atom. The summed E-state index contributed by atoms with van der Waals surface area (Å²) >= 11 is 0. The second kappa shape index (κ2) is 17.1. The van der Waals surface area contributed by atoms with Crippen molar-refractivity contribution < 1.29 is 51.0 Å². The predicted octanol–water partition coefficient (Wildman–Crippen LogP) is 1.51. The van der Waals surface area contributed by atoms with Gasteiger partial charge in [0.2, 0.25) is 0 Å². The smallest absolute Gasteiger partial charge is 1.00 e. The molecule has 0 spiro atoms. The number of hydrogen-bond donors (Lipinski definition) is 0. The molecule has 1 aliphatic carbocycles. The molecule has 0 heterocycles. The van der Waals surface area contributed by atoms with Crippen molar-refractivity contribution in [2.45, 2.75) is 20.3 Å². The number of fused-ring (bicyclic) bond motifs is 3. The van der Waals surface area contributed by atoms with Crippen molar-refractivity contribution >= 4 is 21.5 Å². The first kappa shape index (κ1) is 33.6. The van der Waals surface area contributed by atoms with Gasteiger partial charge < -0.3 is 39.7 Å². The van der Waals surface area contributed by atoms with Crippen LogP contribution in [0.2, 0.25) is 0 Å². The summed E-state index contributed by atoms with van der Waals surface area (Å²) in [5.74, 6) is 0. The van der Waals surface area contributed by atoms with Crippen molar-refractivity contribution in [1.29, 1.82) is 0 Å². The van der Waals surface area contributed by atoms with Gasteiger partial charge in [0, 0.05) is 0 Å². The molecule has 0 atom stereocenters. The zero-order valence-corrected chi connectivity index (χ0v) is 19.3. The van der Waals surface area contributed by atoms with Gasteiger partial charge in [0.25, 0.3) is 0 Å². The Balaban J connectivity index is -0.000000172. The third-order valence-electron chi connectivity index (χ3n) is 3.67. The summed E-state index contributed by atoms with van der Waals surface area (Å²) in [6, 6.07) is 19.3. The fourth-order valence-corrected chi connectivity index (χ4v) is 2.65. The van der Waals surface area contributed by atoms with E-state index in [0.717, 1.165) is 12.8 Å². The summed E-state index contributed by atoms with van der Waals surface area (Å²) in [5, 5.41) is 5.39. The van der Waals surface area contributed by atoms with Crippen molar-refractivity contribution in [2.75, 3.05) is 0 Å². The first-order valence-corrected chi connectivity index (χ1v) is 7.28. The summed E-state index contributed by atoms with van der Waals surface area (Å²) in [6.45, 7) is 3.64. The van der Waals surface area contributed by atoms with Gasteiger partial charge in [-0.05, 0) is 0 Å². The van der Waals surface area contributed by atoms with Gasteiger partial charge in [-0.3, -0.25) is 6.08 Å². The van der Waals surface area contributed by atoms with Gasteiger partial charge in [-0.15, -0.1) is 58.8 Å². The molecule has 0 bridgehead atoms. The molecule has 3 heteroatoms. The van der Waals surface area contributed by atoms with Crippen LogP contribution in [0.4, 0.5) is 0 Å². The molecule has 3 aromatic rings. The molecule has 0 N–H and O–H groups in total. The number of benzene rings is 2. The van der Waals surface area contributed by atoms with E-state index in [1.165, 1.54) is 27.1 Å². The van der Waals surface area contributed by atoms with Crippen LogP contribution in [0.15, 0.2) is 85.0 Å². The number of allylic oxidation sites excluding steroid dienone is 5. The fraction of sp³-hybridized carbons (Fsp3) is 0.125. The summed E-state index contributed by atoms with van der Waals surface area (Å²) in [6.07, 6.45) is 11.2. The van der Waals surface area contributed by atoms with E-state index in [1.807, 2.05) is 12.2 Å². The molecule has 0 fully saturated rings. The molecular weight excluding hydrogens is 450 g/mol. The fourth-order valence-electron chi connectivity index (χ4n) is 2.65. The van der Waals surface area contributed by atoms with Gasteiger partial charge in [0.15, 0.2) is 0 Å². The SMILES string of the molecule is C.C=CCC1=CC[C-]=C1.[CH3-].[CH3-].[Cl-].[Cl-].[Zr+2].c1ccc2c(c1)[cH-]c1ccccc12. The average molecular weight is 479 g/mol. The Labute approximate surface area is 197 Å². The molecule has 146 valence electrons. The molecule has 0 unspecified atom stereocenters. The molecule has 3 aromatic carbocycles. The predicted molar refractivity (Wildman–Crippen MR) is 112 cm³/mol. The average Bonchev–Trinajstić information content (AvgIpc) is 3.15. The minimum Gasteiger partial charge on any atom is -1.00 e. The maximum absolute atomic E-state index is 3.64. The maximum Gasteiger partial charge on any atom is 2.00 e. The number of rotatable bonds is 2. The summed E-state index contributed by atoms with van der Waals surface area (Å²) in [7, 11) is 0. The molecule has 0 radical (unpaired) electrons. The molecule has 0 amide bonds.